The summed E-state index contributed by atoms with van der Waals surface area (Å²) in [6.45, 7) is 3.37. The molecule has 0 aliphatic heterocycles. The normalized spacial score (nSPS) is 12.1. The van der Waals surface area contributed by atoms with Crippen molar-refractivity contribution in [3.63, 3.8) is 0 Å². The number of primary amides is 1. The lowest BCUT2D eigenvalue weighted by Crippen LogP contribution is -2.26. The van der Waals surface area contributed by atoms with Crippen LogP contribution in [0.1, 0.15) is 28.9 Å². The Bertz CT molecular complexity index is 931. The van der Waals surface area contributed by atoms with E-state index in [0.29, 0.717) is 28.8 Å². The molecule has 6 nitrogen and oxygen atoms in total. The topological polar surface area (TPSA) is 92.9 Å². The fourth-order valence-electron chi connectivity index (χ4n) is 2.83. The van der Waals surface area contributed by atoms with Gasteiger partial charge in [0.2, 0.25) is 0 Å². The van der Waals surface area contributed by atoms with Crippen molar-refractivity contribution in [3.05, 3.63) is 65.7 Å². The van der Waals surface area contributed by atoms with Gasteiger partial charge in [-0.15, -0.1) is 0 Å². The molecule has 26 heavy (non-hydrogen) atoms. The summed E-state index contributed by atoms with van der Waals surface area (Å²) >= 11 is 0. The number of benzene rings is 2. The Balaban J connectivity index is 2.01. The van der Waals surface area contributed by atoms with Crippen molar-refractivity contribution in [2.24, 2.45) is 5.73 Å². The minimum Gasteiger partial charge on any atom is -0.366 e. The number of rotatable bonds is 7. The van der Waals surface area contributed by atoms with Crippen molar-refractivity contribution in [2.45, 2.75) is 13.0 Å². The van der Waals surface area contributed by atoms with E-state index in [1.54, 1.807) is 18.2 Å². The first-order chi connectivity index (χ1) is 12.6. The monoisotopic (exact) mass is 353 g/mol. The van der Waals surface area contributed by atoms with E-state index in [1.807, 2.05) is 19.1 Å². The number of para-hydroxylation sites is 1. The van der Waals surface area contributed by atoms with Gasteiger partial charge in [-0.3, -0.25) is 4.79 Å². The number of halogens is 1. The molecular weight excluding hydrogens is 333 g/mol. The molecule has 0 bridgehead atoms. The third kappa shape index (κ3) is 3.78. The third-order valence-electron chi connectivity index (χ3n) is 4.09. The molecular formula is C19H20FN5O. The highest BCUT2D eigenvalue weighted by atomic mass is 19.1. The van der Waals surface area contributed by atoms with Crippen molar-refractivity contribution in [2.75, 3.05) is 18.4 Å². The molecule has 0 saturated carbocycles. The number of nitrogens with two attached hydrogens (primary N) is 1. The van der Waals surface area contributed by atoms with Gasteiger partial charge >= 0.3 is 0 Å². The summed E-state index contributed by atoms with van der Waals surface area (Å²) in [4.78, 5) is 20.1. The van der Waals surface area contributed by atoms with E-state index in [-0.39, 0.29) is 11.9 Å². The van der Waals surface area contributed by atoms with E-state index in [0.717, 1.165) is 12.1 Å². The Morgan fingerprint density at radius 2 is 2.04 bits per heavy atom. The van der Waals surface area contributed by atoms with E-state index >= 15 is 0 Å². The lowest BCUT2D eigenvalue weighted by atomic mass is 10.1. The zero-order valence-electron chi connectivity index (χ0n) is 14.4. The number of nitrogens with one attached hydrogen (secondary N) is 2. The van der Waals surface area contributed by atoms with Gasteiger partial charge in [0, 0.05) is 11.9 Å². The first-order valence-electron chi connectivity index (χ1n) is 8.36. The number of hydrogen-bond donors (Lipinski definition) is 3. The molecule has 4 N–H and O–H groups in total. The molecule has 3 aromatic rings. The molecule has 1 aromatic heterocycles. The fraction of sp³-hybridized carbons (Fsp3) is 0.211. The molecule has 0 fully saturated rings. The number of hydrogen-bond acceptors (Lipinski definition) is 5. The van der Waals surface area contributed by atoms with Gasteiger partial charge < -0.3 is 16.4 Å². The molecule has 0 radical (unpaired) electrons. The maximum Gasteiger partial charge on any atom is 0.250 e. The molecule has 134 valence electrons. The molecule has 1 heterocycles. The van der Waals surface area contributed by atoms with E-state index < -0.39 is 5.91 Å². The highest BCUT2D eigenvalue weighted by Gasteiger charge is 2.16. The van der Waals surface area contributed by atoms with Crippen LogP contribution in [0.4, 0.5) is 10.2 Å². The van der Waals surface area contributed by atoms with Crippen LogP contribution in [0.3, 0.4) is 0 Å². The molecule has 1 atom stereocenters. The summed E-state index contributed by atoms with van der Waals surface area (Å²) in [5.41, 5.74) is 7.05. The number of likely N-dealkylation sites (N-methyl/N-ethyl adjacent to an activating group) is 1. The second kappa shape index (κ2) is 7.88. The van der Waals surface area contributed by atoms with Crippen molar-refractivity contribution >= 4 is 22.6 Å². The summed E-state index contributed by atoms with van der Waals surface area (Å²) in [6.07, 6.45) is 1.38. The molecule has 0 spiro atoms. The average molecular weight is 353 g/mol. The van der Waals surface area contributed by atoms with Crippen LogP contribution in [-0.2, 0) is 0 Å². The minimum absolute atomic E-state index is 0.207. The highest BCUT2D eigenvalue weighted by molar-refractivity contribution is 6.06. The summed E-state index contributed by atoms with van der Waals surface area (Å²) in [7, 11) is 0. The van der Waals surface area contributed by atoms with Crippen molar-refractivity contribution in [3.8, 4) is 0 Å². The number of carbonyl (C=O) groups is 1. The van der Waals surface area contributed by atoms with Crippen molar-refractivity contribution in [1.29, 1.82) is 0 Å². The van der Waals surface area contributed by atoms with Crippen LogP contribution in [-0.4, -0.2) is 29.0 Å². The standard InChI is InChI=1S/C19H20FN5O/c1-2-22-10-16(12-5-3-6-13(20)9-12)25-19-15-8-4-7-14(18(21)26)17(15)23-11-24-19/h3-9,11,16,22H,2,10H2,1H3,(H2,21,26)(H,23,24,25)/t16-/m1/s1. The molecule has 3 rings (SSSR count). The molecule has 0 unspecified atom stereocenters. The Morgan fingerprint density at radius 3 is 2.77 bits per heavy atom. The van der Waals surface area contributed by atoms with E-state index in [2.05, 4.69) is 20.6 Å². The van der Waals surface area contributed by atoms with Gasteiger partial charge in [-0.25, -0.2) is 14.4 Å². The lowest BCUT2D eigenvalue weighted by molar-refractivity contribution is 0.100. The van der Waals surface area contributed by atoms with E-state index in [1.165, 1.54) is 18.5 Å². The SMILES string of the molecule is CCNC[C@@H](Nc1ncnc2c(C(N)=O)cccc12)c1cccc(F)c1. The summed E-state index contributed by atoms with van der Waals surface area (Å²) in [5.74, 6) is -0.283. The zero-order chi connectivity index (χ0) is 18.5. The molecule has 0 aliphatic rings. The average Bonchev–Trinajstić information content (AvgIpc) is 2.64. The summed E-state index contributed by atoms with van der Waals surface area (Å²) < 4.78 is 13.7. The second-order valence-electron chi connectivity index (χ2n) is 5.85. The van der Waals surface area contributed by atoms with Crippen LogP contribution in [0.5, 0.6) is 0 Å². The smallest absolute Gasteiger partial charge is 0.250 e. The highest BCUT2D eigenvalue weighted by Crippen LogP contribution is 2.26. The Kier molecular flexibility index (Phi) is 5.38. The fourth-order valence-corrected chi connectivity index (χ4v) is 2.83. The summed E-state index contributed by atoms with van der Waals surface area (Å²) in [5, 5.41) is 7.28. The van der Waals surface area contributed by atoms with Crippen molar-refractivity contribution < 1.29 is 9.18 Å². The van der Waals surface area contributed by atoms with Crippen LogP contribution >= 0.6 is 0 Å². The van der Waals surface area contributed by atoms with Gasteiger partial charge in [0.15, 0.2) is 0 Å². The summed E-state index contributed by atoms with van der Waals surface area (Å²) in [6, 6.07) is 11.4. The molecule has 7 heteroatoms. The largest absolute Gasteiger partial charge is 0.366 e. The lowest BCUT2D eigenvalue weighted by Gasteiger charge is -2.21. The minimum atomic E-state index is -0.547. The van der Waals surface area contributed by atoms with Crippen LogP contribution < -0.4 is 16.4 Å². The number of nitrogens with zero attached hydrogens (tertiary/aromatic N) is 2. The van der Waals surface area contributed by atoms with Gasteiger partial charge in [-0.05, 0) is 36.4 Å². The van der Waals surface area contributed by atoms with Crippen molar-refractivity contribution in [1.82, 2.24) is 15.3 Å². The third-order valence-corrected chi connectivity index (χ3v) is 4.09. The zero-order valence-corrected chi connectivity index (χ0v) is 14.4. The maximum atomic E-state index is 13.7. The van der Waals surface area contributed by atoms with Gasteiger partial charge in [0.05, 0.1) is 17.1 Å². The molecule has 1 amide bonds. The van der Waals surface area contributed by atoms with Crippen LogP contribution in [0.2, 0.25) is 0 Å². The predicted octanol–water partition coefficient (Wildman–Crippen LogP) is 2.63. The number of amides is 1. The molecule has 2 aromatic carbocycles. The van der Waals surface area contributed by atoms with Crippen LogP contribution in [0.15, 0.2) is 48.8 Å². The van der Waals surface area contributed by atoms with Gasteiger partial charge in [0.1, 0.15) is 18.0 Å². The van der Waals surface area contributed by atoms with Crippen LogP contribution in [0.25, 0.3) is 10.9 Å². The Hall–Kier alpha value is -3.06. The maximum absolute atomic E-state index is 13.7. The Labute approximate surface area is 150 Å². The number of anilines is 1. The first-order valence-corrected chi connectivity index (χ1v) is 8.36. The Morgan fingerprint density at radius 1 is 1.23 bits per heavy atom. The van der Waals surface area contributed by atoms with E-state index in [4.69, 9.17) is 5.73 Å². The van der Waals surface area contributed by atoms with Gasteiger partial charge in [-0.1, -0.05) is 25.1 Å². The predicted molar refractivity (Wildman–Crippen MR) is 99.4 cm³/mol. The first kappa shape index (κ1) is 17.8. The number of carbonyl (C=O) groups excluding carboxylic acids is 1. The number of aromatic nitrogens is 2. The molecule has 0 aliphatic carbocycles. The van der Waals surface area contributed by atoms with Gasteiger partial charge in [0.25, 0.3) is 5.91 Å². The van der Waals surface area contributed by atoms with Gasteiger partial charge in [-0.2, -0.15) is 0 Å². The number of fused-ring (bicyclic) bond motifs is 1. The second-order valence-corrected chi connectivity index (χ2v) is 5.85. The molecule has 0 saturated heterocycles. The quantitative estimate of drug-likeness (QED) is 0.607. The van der Waals surface area contributed by atoms with Crippen LogP contribution in [0, 0.1) is 5.82 Å². The van der Waals surface area contributed by atoms with E-state index in [9.17, 15) is 9.18 Å².